The van der Waals surface area contributed by atoms with Crippen molar-refractivity contribution in [3.8, 4) is 0 Å². The van der Waals surface area contributed by atoms with Gasteiger partial charge in [0.15, 0.2) is 0 Å². The van der Waals surface area contributed by atoms with E-state index in [0.717, 1.165) is 67.3 Å². The van der Waals surface area contributed by atoms with Crippen LogP contribution in [-0.4, -0.2) is 46.8 Å². The number of amides is 1. The van der Waals surface area contributed by atoms with Gasteiger partial charge < -0.3 is 20.4 Å². The lowest BCUT2D eigenvalue weighted by atomic mass is 9.99. The summed E-state index contributed by atoms with van der Waals surface area (Å²) in [6.07, 6.45) is 3.64. The van der Waals surface area contributed by atoms with Gasteiger partial charge >= 0.3 is 0 Å². The van der Waals surface area contributed by atoms with Gasteiger partial charge in [-0.1, -0.05) is 24.2 Å². The fourth-order valence-electron chi connectivity index (χ4n) is 4.85. The average molecular weight is 491 g/mol. The maximum absolute atomic E-state index is 13.8. The van der Waals surface area contributed by atoms with E-state index in [-0.39, 0.29) is 5.91 Å². The third-order valence-corrected chi connectivity index (χ3v) is 7.16. The molecule has 2 aliphatic heterocycles. The topological polar surface area (TPSA) is 65.4 Å². The smallest absolute Gasteiger partial charge is 0.258 e. The second-order valence-electron chi connectivity index (χ2n) is 9.26. The molecule has 0 saturated carbocycles. The van der Waals surface area contributed by atoms with Gasteiger partial charge in [0, 0.05) is 55.1 Å². The van der Waals surface area contributed by atoms with Gasteiger partial charge in [0.1, 0.15) is 5.82 Å². The van der Waals surface area contributed by atoms with E-state index in [2.05, 4.69) is 40.2 Å². The average Bonchev–Trinajstić information content (AvgIpc) is 3.11. The summed E-state index contributed by atoms with van der Waals surface area (Å²) in [5.41, 5.74) is 6.75. The van der Waals surface area contributed by atoms with Crippen LogP contribution in [0.3, 0.4) is 0 Å². The van der Waals surface area contributed by atoms with E-state index >= 15 is 0 Å². The van der Waals surface area contributed by atoms with Gasteiger partial charge in [-0.2, -0.15) is 5.10 Å². The number of rotatable bonds is 5. The van der Waals surface area contributed by atoms with E-state index in [1.807, 2.05) is 37.4 Å². The van der Waals surface area contributed by atoms with Gasteiger partial charge in [-0.3, -0.25) is 9.48 Å². The number of halogens is 1. The quantitative estimate of drug-likeness (QED) is 0.545. The van der Waals surface area contributed by atoms with Crippen molar-refractivity contribution in [2.75, 3.05) is 36.4 Å². The van der Waals surface area contributed by atoms with Gasteiger partial charge in [0.2, 0.25) is 0 Å². The molecule has 7 nitrogen and oxygen atoms in total. The Labute approximate surface area is 211 Å². The fraction of sp³-hybridized carbons (Fsp3) is 0.333. The molecular formula is C27H31ClN6O. The Kier molecular flexibility index (Phi) is 6.54. The fourth-order valence-corrected chi connectivity index (χ4v) is 5.02. The Balaban J connectivity index is 1.37. The van der Waals surface area contributed by atoms with Crippen LogP contribution in [0.1, 0.15) is 33.5 Å². The van der Waals surface area contributed by atoms with Crippen molar-refractivity contribution >= 4 is 34.7 Å². The number of hydrogen-bond donors (Lipinski definition) is 2. The van der Waals surface area contributed by atoms with Crippen LogP contribution in [0.25, 0.3) is 0 Å². The van der Waals surface area contributed by atoms with E-state index in [4.69, 9.17) is 11.6 Å². The number of benzene rings is 2. The zero-order valence-electron chi connectivity index (χ0n) is 20.3. The Bertz CT molecular complexity index is 1280. The van der Waals surface area contributed by atoms with E-state index in [0.29, 0.717) is 17.1 Å². The van der Waals surface area contributed by atoms with E-state index < -0.39 is 0 Å². The molecule has 35 heavy (non-hydrogen) atoms. The van der Waals surface area contributed by atoms with E-state index in [9.17, 15) is 4.79 Å². The van der Waals surface area contributed by atoms with Crippen molar-refractivity contribution < 1.29 is 4.79 Å². The molecule has 3 heterocycles. The number of allylic oxidation sites excluding steroid dienone is 1. The minimum Gasteiger partial charge on any atom is -0.373 e. The number of aromatic nitrogens is 2. The second kappa shape index (κ2) is 9.76. The molecule has 0 atom stereocenters. The van der Waals surface area contributed by atoms with Crippen molar-refractivity contribution in [2.24, 2.45) is 7.05 Å². The minimum atomic E-state index is -0.0491. The lowest BCUT2D eigenvalue weighted by Crippen LogP contribution is -2.42. The highest BCUT2D eigenvalue weighted by molar-refractivity contribution is 6.31. The standard InChI is InChI=1S/C27H31ClN6O/c1-18-14-21(7-6-20(18)5-4-19(2)33-12-10-29-11-13-33)27(35)34-17-22-16-30-32(3)26(22)31-24-15-23(28)8-9-25(24)34/h6-9,14-16,29,31H,2,4-5,10-13,17H2,1,3H3. The highest BCUT2D eigenvalue weighted by atomic mass is 35.5. The molecule has 0 aliphatic carbocycles. The Morgan fingerprint density at radius 2 is 1.97 bits per heavy atom. The third-order valence-electron chi connectivity index (χ3n) is 6.93. The largest absolute Gasteiger partial charge is 0.373 e. The normalized spacial score (nSPS) is 15.2. The SMILES string of the molecule is C=C(CCc1ccc(C(=O)N2Cc3cnn(C)c3Nc3cc(Cl)ccc32)cc1C)N1CCNCC1. The molecule has 1 saturated heterocycles. The van der Waals surface area contributed by atoms with Crippen molar-refractivity contribution in [3.63, 3.8) is 0 Å². The number of piperazine rings is 1. The summed E-state index contributed by atoms with van der Waals surface area (Å²) in [7, 11) is 1.88. The van der Waals surface area contributed by atoms with Gasteiger partial charge in [-0.15, -0.1) is 0 Å². The summed E-state index contributed by atoms with van der Waals surface area (Å²) < 4.78 is 1.78. The Hall–Kier alpha value is -3.29. The van der Waals surface area contributed by atoms with Crippen LogP contribution in [0.15, 0.2) is 54.9 Å². The molecule has 0 bridgehead atoms. The number of aryl methyl sites for hydroxylation is 3. The lowest BCUT2D eigenvalue weighted by Gasteiger charge is -2.31. The summed E-state index contributed by atoms with van der Waals surface area (Å²) in [5.74, 6) is 0.812. The van der Waals surface area contributed by atoms with Crippen LogP contribution < -0.4 is 15.5 Å². The molecule has 0 spiro atoms. The van der Waals surface area contributed by atoms with E-state index in [1.165, 1.54) is 11.3 Å². The number of carbonyl (C=O) groups excluding carboxylic acids is 1. The second-order valence-corrected chi connectivity index (χ2v) is 9.70. The summed E-state index contributed by atoms with van der Waals surface area (Å²) in [5, 5.41) is 11.8. The van der Waals surface area contributed by atoms with E-state index in [1.54, 1.807) is 15.8 Å². The zero-order chi connectivity index (χ0) is 24.5. The first kappa shape index (κ1) is 23.5. The summed E-state index contributed by atoms with van der Waals surface area (Å²) in [6.45, 7) is 10.9. The molecule has 2 aliphatic rings. The predicted octanol–water partition coefficient (Wildman–Crippen LogP) is 4.64. The summed E-state index contributed by atoms with van der Waals surface area (Å²) in [6, 6.07) is 11.6. The first-order valence-electron chi connectivity index (χ1n) is 12.0. The highest BCUT2D eigenvalue weighted by Crippen LogP contribution is 2.38. The number of nitrogens with one attached hydrogen (secondary N) is 2. The monoisotopic (exact) mass is 490 g/mol. The maximum Gasteiger partial charge on any atom is 0.258 e. The van der Waals surface area contributed by atoms with Gasteiger partial charge in [-0.05, 0) is 61.2 Å². The molecule has 5 rings (SSSR count). The summed E-state index contributed by atoms with van der Waals surface area (Å²) >= 11 is 6.28. The maximum atomic E-state index is 13.8. The number of carbonyl (C=O) groups is 1. The summed E-state index contributed by atoms with van der Waals surface area (Å²) in [4.78, 5) is 17.9. The molecule has 1 amide bonds. The Morgan fingerprint density at radius 1 is 1.17 bits per heavy atom. The number of nitrogens with zero attached hydrogens (tertiary/aromatic N) is 4. The molecule has 2 N–H and O–H groups in total. The van der Waals surface area contributed by atoms with Crippen LogP contribution >= 0.6 is 11.6 Å². The highest BCUT2D eigenvalue weighted by Gasteiger charge is 2.27. The molecule has 0 radical (unpaired) electrons. The molecule has 3 aromatic rings. The Morgan fingerprint density at radius 3 is 2.74 bits per heavy atom. The van der Waals surface area contributed by atoms with Crippen molar-refractivity contribution in [2.45, 2.75) is 26.3 Å². The lowest BCUT2D eigenvalue weighted by molar-refractivity contribution is 0.0985. The predicted molar refractivity (Wildman–Crippen MR) is 142 cm³/mol. The van der Waals surface area contributed by atoms with Crippen LogP contribution in [-0.2, 0) is 20.0 Å². The first-order valence-corrected chi connectivity index (χ1v) is 12.4. The molecule has 0 unspecified atom stereocenters. The third kappa shape index (κ3) is 4.79. The van der Waals surface area contributed by atoms with Crippen LogP contribution in [0, 0.1) is 6.92 Å². The molecule has 182 valence electrons. The van der Waals surface area contributed by atoms with Crippen molar-refractivity contribution in [1.82, 2.24) is 20.0 Å². The van der Waals surface area contributed by atoms with Gasteiger partial charge in [0.05, 0.1) is 24.1 Å². The molecule has 8 heteroatoms. The molecule has 1 fully saturated rings. The van der Waals surface area contributed by atoms with Crippen LogP contribution in [0.2, 0.25) is 5.02 Å². The zero-order valence-corrected chi connectivity index (χ0v) is 21.0. The minimum absolute atomic E-state index is 0.0491. The van der Waals surface area contributed by atoms with Crippen LogP contribution in [0.4, 0.5) is 17.2 Å². The number of hydrogen-bond acceptors (Lipinski definition) is 5. The molecular weight excluding hydrogens is 460 g/mol. The van der Waals surface area contributed by atoms with Gasteiger partial charge in [0.25, 0.3) is 5.91 Å². The molecule has 2 aromatic carbocycles. The van der Waals surface area contributed by atoms with Gasteiger partial charge in [-0.25, -0.2) is 0 Å². The van der Waals surface area contributed by atoms with Crippen molar-refractivity contribution in [3.05, 3.63) is 82.1 Å². The van der Waals surface area contributed by atoms with Crippen LogP contribution in [0.5, 0.6) is 0 Å². The number of anilines is 3. The van der Waals surface area contributed by atoms with Crippen molar-refractivity contribution in [1.29, 1.82) is 0 Å². The number of fused-ring (bicyclic) bond motifs is 2. The molecule has 1 aromatic heterocycles. The first-order chi connectivity index (χ1) is 16.9.